The number of nitrogens with one attached hydrogen (secondary N) is 1. The van der Waals surface area contributed by atoms with Crippen molar-refractivity contribution in [2.75, 3.05) is 25.9 Å². The van der Waals surface area contributed by atoms with E-state index in [2.05, 4.69) is 22.1 Å². The number of hydrogen-bond acceptors (Lipinski definition) is 4. The lowest BCUT2D eigenvalue weighted by molar-refractivity contribution is 0.354. The second kappa shape index (κ2) is 5.89. The summed E-state index contributed by atoms with van der Waals surface area (Å²) >= 11 is 1.49. The summed E-state index contributed by atoms with van der Waals surface area (Å²) in [4.78, 5) is 6.86. The Hall–Kier alpha value is -0.730. The molecule has 0 spiro atoms. The van der Waals surface area contributed by atoms with Gasteiger partial charge < -0.3 is 4.90 Å². The van der Waals surface area contributed by atoms with E-state index in [-0.39, 0.29) is 0 Å². The van der Waals surface area contributed by atoms with Crippen molar-refractivity contribution in [3.63, 3.8) is 0 Å². The zero-order chi connectivity index (χ0) is 10.4. The van der Waals surface area contributed by atoms with Crippen LogP contribution in [0.25, 0.3) is 0 Å². The van der Waals surface area contributed by atoms with E-state index in [1.807, 2.05) is 12.4 Å². The van der Waals surface area contributed by atoms with Gasteiger partial charge >= 0.3 is 0 Å². The van der Waals surface area contributed by atoms with Crippen molar-refractivity contribution in [1.29, 1.82) is 5.26 Å². The Labute approximate surface area is 89.4 Å². The van der Waals surface area contributed by atoms with Crippen LogP contribution in [0.4, 0.5) is 0 Å². The first-order valence-corrected chi connectivity index (χ1v) is 6.01. The Morgan fingerprint density at radius 1 is 1.79 bits per heavy atom. The van der Waals surface area contributed by atoms with E-state index < -0.39 is 0 Å². The van der Waals surface area contributed by atoms with E-state index in [0.29, 0.717) is 6.04 Å². The van der Waals surface area contributed by atoms with Gasteiger partial charge in [-0.05, 0) is 19.2 Å². The lowest BCUT2D eigenvalue weighted by Gasteiger charge is -2.11. The molecule has 1 aliphatic heterocycles. The standard InChI is InChI=1S/C9H16N4S/c1-3-13-5-4-8(6-13)12-9(14-2)11-7-10/h8H,3-6H2,1-2H3,(H,11,12). The van der Waals surface area contributed by atoms with Gasteiger partial charge in [0.2, 0.25) is 0 Å². The maximum Gasteiger partial charge on any atom is 0.183 e. The molecular formula is C9H16N4S. The quantitative estimate of drug-likeness (QED) is 0.319. The molecule has 14 heavy (non-hydrogen) atoms. The monoisotopic (exact) mass is 212 g/mol. The summed E-state index contributed by atoms with van der Waals surface area (Å²) in [6, 6.07) is 0.359. The summed E-state index contributed by atoms with van der Waals surface area (Å²) in [6.45, 7) is 5.40. The maximum absolute atomic E-state index is 8.47. The molecule has 1 fully saturated rings. The van der Waals surface area contributed by atoms with Crippen LogP contribution in [-0.2, 0) is 0 Å². The van der Waals surface area contributed by atoms with Crippen molar-refractivity contribution < 1.29 is 0 Å². The van der Waals surface area contributed by atoms with E-state index in [4.69, 9.17) is 5.26 Å². The summed E-state index contributed by atoms with van der Waals surface area (Å²) < 4.78 is 0. The average molecular weight is 212 g/mol. The third kappa shape index (κ3) is 3.20. The minimum atomic E-state index is 0.359. The first kappa shape index (κ1) is 11.3. The highest BCUT2D eigenvalue weighted by Crippen LogP contribution is 2.13. The van der Waals surface area contributed by atoms with Gasteiger partial charge in [-0.1, -0.05) is 18.7 Å². The van der Waals surface area contributed by atoms with Gasteiger partial charge in [0.25, 0.3) is 0 Å². The highest BCUT2D eigenvalue weighted by Gasteiger charge is 2.20. The Kier molecular flexibility index (Phi) is 4.77. The lowest BCUT2D eigenvalue weighted by Crippen LogP contribution is -2.22. The van der Waals surface area contributed by atoms with Gasteiger partial charge in [0.1, 0.15) is 0 Å². The third-order valence-electron chi connectivity index (χ3n) is 2.35. The molecule has 0 amide bonds. The third-order valence-corrected chi connectivity index (χ3v) is 2.94. The average Bonchev–Trinajstić information content (AvgIpc) is 2.65. The smallest absolute Gasteiger partial charge is 0.183 e. The molecule has 1 heterocycles. The van der Waals surface area contributed by atoms with Gasteiger partial charge in [-0.3, -0.25) is 10.3 Å². The molecule has 1 aliphatic rings. The SMILES string of the molecule is CCN1CCC(N=C(NC#N)SC)C1. The number of likely N-dealkylation sites (N-methyl/N-ethyl adjacent to an activating group) is 1. The zero-order valence-corrected chi connectivity index (χ0v) is 9.47. The van der Waals surface area contributed by atoms with Crippen molar-refractivity contribution in [2.24, 2.45) is 4.99 Å². The Bertz CT molecular complexity index is 246. The molecule has 0 saturated carbocycles. The number of likely N-dealkylation sites (tertiary alicyclic amines) is 1. The molecule has 78 valence electrons. The first-order chi connectivity index (χ1) is 6.80. The Morgan fingerprint density at radius 2 is 2.57 bits per heavy atom. The normalized spacial score (nSPS) is 23.5. The van der Waals surface area contributed by atoms with Crippen molar-refractivity contribution in [3.8, 4) is 6.19 Å². The van der Waals surface area contributed by atoms with Crippen molar-refractivity contribution in [2.45, 2.75) is 19.4 Å². The highest BCUT2D eigenvalue weighted by molar-refractivity contribution is 8.13. The molecule has 0 aromatic carbocycles. The van der Waals surface area contributed by atoms with Crippen molar-refractivity contribution >= 4 is 16.9 Å². The number of thioether (sulfide) groups is 1. The number of nitrogens with zero attached hydrogens (tertiary/aromatic N) is 3. The van der Waals surface area contributed by atoms with E-state index in [1.54, 1.807) is 0 Å². The van der Waals surface area contributed by atoms with E-state index in [0.717, 1.165) is 31.2 Å². The van der Waals surface area contributed by atoms with Crippen LogP contribution >= 0.6 is 11.8 Å². The molecule has 0 aromatic rings. The molecule has 5 heteroatoms. The molecule has 0 aliphatic carbocycles. The molecule has 1 unspecified atom stereocenters. The second-order valence-electron chi connectivity index (χ2n) is 3.21. The topological polar surface area (TPSA) is 51.4 Å². The largest absolute Gasteiger partial charge is 0.301 e. The van der Waals surface area contributed by atoms with Crippen LogP contribution in [0.15, 0.2) is 4.99 Å². The van der Waals surface area contributed by atoms with Gasteiger partial charge in [-0.25, -0.2) is 0 Å². The van der Waals surface area contributed by atoms with Crippen molar-refractivity contribution in [3.05, 3.63) is 0 Å². The Morgan fingerprint density at radius 3 is 3.07 bits per heavy atom. The van der Waals surface area contributed by atoms with Gasteiger partial charge in [-0.2, -0.15) is 5.26 Å². The summed E-state index contributed by atoms with van der Waals surface area (Å²) in [5, 5.41) is 11.8. The van der Waals surface area contributed by atoms with Crippen LogP contribution in [0, 0.1) is 11.5 Å². The minimum Gasteiger partial charge on any atom is -0.301 e. The van der Waals surface area contributed by atoms with Crippen LogP contribution in [0.5, 0.6) is 0 Å². The van der Waals surface area contributed by atoms with Crippen LogP contribution in [0.3, 0.4) is 0 Å². The summed E-state index contributed by atoms with van der Waals surface area (Å²) in [6.07, 6.45) is 4.93. The molecule has 0 aromatic heterocycles. The van der Waals surface area contributed by atoms with Gasteiger partial charge in [0, 0.05) is 13.1 Å². The second-order valence-corrected chi connectivity index (χ2v) is 4.01. The minimum absolute atomic E-state index is 0.359. The van der Waals surface area contributed by atoms with E-state index in [9.17, 15) is 0 Å². The molecule has 0 radical (unpaired) electrons. The number of rotatable bonds is 2. The fraction of sp³-hybridized carbons (Fsp3) is 0.778. The van der Waals surface area contributed by atoms with Gasteiger partial charge in [0.15, 0.2) is 11.4 Å². The predicted molar refractivity (Wildman–Crippen MR) is 60.2 cm³/mol. The van der Waals surface area contributed by atoms with Crippen LogP contribution in [-0.4, -0.2) is 42.0 Å². The lowest BCUT2D eigenvalue weighted by atomic mass is 10.3. The van der Waals surface area contributed by atoms with Gasteiger partial charge in [0.05, 0.1) is 6.04 Å². The van der Waals surface area contributed by atoms with E-state index in [1.165, 1.54) is 11.8 Å². The highest BCUT2D eigenvalue weighted by atomic mass is 32.2. The predicted octanol–water partition coefficient (Wildman–Crippen LogP) is 0.870. The van der Waals surface area contributed by atoms with Crippen LogP contribution in [0.1, 0.15) is 13.3 Å². The molecule has 4 nitrogen and oxygen atoms in total. The van der Waals surface area contributed by atoms with Crippen LogP contribution in [0.2, 0.25) is 0 Å². The zero-order valence-electron chi connectivity index (χ0n) is 8.66. The molecule has 1 N–H and O–H groups in total. The van der Waals surface area contributed by atoms with Gasteiger partial charge in [-0.15, -0.1) is 0 Å². The fourth-order valence-corrected chi connectivity index (χ4v) is 1.96. The first-order valence-electron chi connectivity index (χ1n) is 4.79. The summed E-state index contributed by atoms with van der Waals surface area (Å²) in [5.41, 5.74) is 0. The summed E-state index contributed by atoms with van der Waals surface area (Å²) in [7, 11) is 0. The number of hydrogen-bond donors (Lipinski definition) is 1. The number of amidine groups is 1. The Balaban J connectivity index is 2.46. The summed E-state index contributed by atoms with van der Waals surface area (Å²) in [5.74, 6) is 0. The fourth-order valence-electron chi connectivity index (χ4n) is 1.55. The maximum atomic E-state index is 8.47. The molecule has 1 rings (SSSR count). The number of aliphatic imine (C=N–C) groups is 1. The number of nitriles is 1. The molecular weight excluding hydrogens is 196 g/mol. The molecule has 1 saturated heterocycles. The molecule has 0 bridgehead atoms. The van der Waals surface area contributed by atoms with Crippen molar-refractivity contribution in [1.82, 2.24) is 10.2 Å². The molecule has 1 atom stereocenters. The van der Waals surface area contributed by atoms with Crippen LogP contribution < -0.4 is 5.32 Å². The van der Waals surface area contributed by atoms with E-state index >= 15 is 0 Å².